The Morgan fingerprint density at radius 3 is 2.65 bits per heavy atom. The lowest BCUT2D eigenvalue weighted by molar-refractivity contribution is 0.411. The molecular formula is C14H18N2O3S. The highest BCUT2D eigenvalue weighted by Gasteiger charge is 2.12. The molecule has 0 aliphatic heterocycles. The summed E-state index contributed by atoms with van der Waals surface area (Å²) in [7, 11) is 0.507. The SMILES string of the molecule is CCc1nnc(C[S@@](=O)Cc2cc(C)ccc2OC)o1. The van der Waals surface area contributed by atoms with Gasteiger partial charge >= 0.3 is 0 Å². The minimum absolute atomic E-state index is 0.268. The first-order valence-electron chi connectivity index (χ1n) is 6.42. The Labute approximate surface area is 120 Å². The van der Waals surface area contributed by atoms with Gasteiger partial charge in [-0.1, -0.05) is 24.6 Å². The number of ether oxygens (including phenoxy) is 1. The number of nitrogens with zero attached hydrogens (tertiary/aromatic N) is 2. The lowest BCUT2D eigenvalue weighted by atomic mass is 10.1. The molecule has 0 fully saturated rings. The van der Waals surface area contributed by atoms with Gasteiger partial charge < -0.3 is 9.15 Å². The average Bonchev–Trinajstić information content (AvgIpc) is 2.86. The van der Waals surface area contributed by atoms with Gasteiger partial charge in [-0.05, 0) is 13.0 Å². The molecule has 1 atom stereocenters. The first-order chi connectivity index (χ1) is 9.62. The lowest BCUT2D eigenvalue weighted by Gasteiger charge is -2.08. The fourth-order valence-corrected chi connectivity index (χ4v) is 2.94. The maximum absolute atomic E-state index is 12.2. The maximum Gasteiger partial charge on any atom is 0.229 e. The third-order valence-electron chi connectivity index (χ3n) is 2.85. The van der Waals surface area contributed by atoms with Crippen LogP contribution >= 0.6 is 0 Å². The number of aromatic nitrogens is 2. The van der Waals surface area contributed by atoms with Gasteiger partial charge in [-0.15, -0.1) is 10.2 Å². The minimum atomic E-state index is -1.11. The molecule has 2 aromatic rings. The molecule has 0 aliphatic rings. The zero-order valence-electron chi connectivity index (χ0n) is 11.9. The first-order valence-corrected chi connectivity index (χ1v) is 7.91. The summed E-state index contributed by atoms with van der Waals surface area (Å²) < 4.78 is 22.8. The van der Waals surface area contributed by atoms with Crippen molar-refractivity contribution in [2.75, 3.05) is 7.11 Å². The van der Waals surface area contributed by atoms with Gasteiger partial charge in [-0.25, -0.2) is 0 Å². The number of benzene rings is 1. The molecule has 20 heavy (non-hydrogen) atoms. The van der Waals surface area contributed by atoms with Crippen molar-refractivity contribution in [3.05, 3.63) is 41.1 Å². The molecule has 5 nitrogen and oxygen atoms in total. The normalized spacial score (nSPS) is 12.3. The molecular weight excluding hydrogens is 276 g/mol. The molecule has 6 heteroatoms. The summed E-state index contributed by atoms with van der Waals surface area (Å²) in [5, 5.41) is 7.75. The van der Waals surface area contributed by atoms with Crippen molar-refractivity contribution >= 4 is 10.8 Å². The van der Waals surface area contributed by atoms with Crippen molar-refractivity contribution < 1.29 is 13.4 Å². The van der Waals surface area contributed by atoms with Gasteiger partial charge in [-0.2, -0.15) is 0 Å². The molecule has 0 aliphatic carbocycles. The molecule has 0 saturated heterocycles. The Balaban J connectivity index is 2.06. The van der Waals surface area contributed by atoms with Crippen LogP contribution < -0.4 is 4.74 Å². The Morgan fingerprint density at radius 1 is 1.25 bits per heavy atom. The van der Waals surface area contributed by atoms with Crippen LogP contribution in [0.25, 0.3) is 0 Å². The topological polar surface area (TPSA) is 65.2 Å². The van der Waals surface area contributed by atoms with Gasteiger partial charge in [0.25, 0.3) is 0 Å². The summed E-state index contributed by atoms with van der Waals surface area (Å²) in [6.07, 6.45) is 0.686. The monoisotopic (exact) mass is 294 g/mol. The highest BCUT2D eigenvalue weighted by molar-refractivity contribution is 7.83. The van der Waals surface area contributed by atoms with Crippen LogP contribution in [0.1, 0.15) is 29.8 Å². The second-order valence-electron chi connectivity index (χ2n) is 4.49. The number of hydrogen-bond acceptors (Lipinski definition) is 5. The van der Waals surface area contributed by atoms with Gasteiger partial charge in [0.2, 0.25) is 11.8 Å². The summed E-state index contributed by atoms with van der Waals surface area (Å²) >= 11 is 0. The quantitative estimate of drug-likeness (QED) is 0.818. The molecule has 1 aromatic heterocycles. The number of rotatable bonds is 6. The molecule has 0 bridgehead atoms. The van der Waals surface area contributed by atoms with Crippen molar-refractivity contribution in [3.63, 3.8) is 0 Å². The van der Waals surface area contributed by atoms with E-state index < -0.39 is 10.8 Å². The van der Waals surface area contributed by atoms with Crippen LogP contribution in [-0.2, 0) is 28.7 Å². The fraction of sp³-hybridized carbons (Fsp3) is 0.429. The van der Waals surface area contributed by atoms with Gasteiger partial charge in [0, 0.05) is 22.8 Å². The van der Waals surface area contributed by atoms with E-state index in [4.69, 9.17) is 9.15 Å². The third-order valence-corrected chi connectivity index (χ3v) is 4.05. The molecule has 108 valence electrons. The van der Waals surface area contributed by atoms with Crippen molar-refractivity contribution in [2.24, 2.45) is 0 Å². The highest BCUT2D eigenvalue weighted by Crippen LogP contribution is 2.22. The fourth-order valence-electron chi connectivity index (χ4n) is 1.87. The predicted molar refractivity (Wildman–Crippen MR) is 77.0 cm³/mol. The van der Waals surface area contributed by atoms with Crippen LogP contribution in [0.5, 0.6) is 5.75 Å². The van der Waals surface area contributed by atoms with Crippen molar-refractivity contribution in [3.8, 4) is 5.75 Å². The van der Waals surface area contributed by atoms with Gasteiger partial charge in [0.1, 0.15) is 11.5 Å². The number of hydrogen-bond donors (Lipinski definition) is 0. The molecule has 1 aromatic carbocycles. The van der Waals surface area contributed by atoms with E-state index in [1.54, 1.807) is 7.11 Å². The van der Waals surface area contributed by atoms with E-state index in [0.717, 1.165) is 16.9 Å². The Bertz CT molecular complexity index is 610. The summed E-state index contributed by atoms with van der Waals surface area (Å²) in [6.45, 7) is 3.93. The standard InChI is InChI=1S/C14H18N2O3S/c1-4-13-15-16-14(19-13)9-20(17)8-11-7-10(2)5-6-12(11)18-3/h5-7H,4,8-9H2,1-3H3/t20-/m0/s1. The summed E-state index contributed by atoms with van der Waals surface area (Å²) in [5.74, 6) is 2.43. The maximum atomic E-state index is 12.2. The van der Waals surface area contributed by atoms with Crippen LogP contribution in [0.3, 0.4) is 0 Å². The molecule has 0 saturated carbocycles. The largest absolute Gasteiger partial charge is 0.496 e. The summed E-state index contributed by atoms with van der Waals surface area (Å²) in [4.78, 5) is 0. The van der Waals surface area contributed by atoms with E-state index in [-0.39, 0.29) is 5.75 Å². The van der Waals surface area contributed by atoms with Crippen molar-refractivity contribution in [2.45, 2.75) is 31.8 Å². The molecule has 0 amide bonds. The van der Waals surface area contributed by atoms with E-state index >= 15 is 0 Å². The van der Waals surface area contributed by atoms with Crippen LogP contribution in [-0.4, -0.2) is 21.5 Å². The van der Waals surface area contributed by atoms with Gasteiger partial charge in [0.15, 0.2) is 0 Å². The number of aryl methyl sites for hydroxylation is 2. The Kier molecular flexibility index (Phi) is 4.89. The zero-order valence-corrected chi connectivity index (χ0v) is 12.7. The summed E-state index contributed by atoms with van der Waals surface area (Å²) in [5.41, 5.74) is 2.05. The second kappa shape index (κ2) is 6.65. The molecule has 0 radical (unpaired) electrons. The average molecular weight is 294 g/mol. The minimum Gasteiger partial charge on any atom is -0.496 e. The first kappa shape index (κ1) is 14.7. The molecule has 0 N–H and O–H groups in total. The molecule has 0 spiro atoms. The Morgan fingerprint density at radius 2 is 2.00 bits per heavy atom. The van der Waals surface area contributed by atoms with Crippen LogP contribution in [0.2, 0.25) is 0 Å². The van der Waals surface area contributed by atoms with Crippen molar-refractivity contribution in [1.29, 1.82) is 0 Å². The van der Waals surface area contributed by atoms with Crippen LogP contribution in [0.4, 0.5) is 0 Å². The lowest BCUT2D eigenvalue weighted by Crippen LogP contribution is -2.02. The third kappa shape index (κ3) is 3.66. The molecule has 2 rings (SSSR count). The Hall–Kier alpha value is -1.69. The molecule has 0 unspecified atom stereocenters. The second-order valence-corrected chi connectivity index (χ2v) is 5.94. The predicted octanol–water partition coefficient (Wildman–Crippen LogP) is 2.40. The van der Waals surface area contributed by atoms with Crippen LogP contribution in [0, 0.1) is 6.92 Å². The van der Waals surface area contributed by atoms with Crippen molar-refractivity contribution in [1.82, 2.24) is 10.2 Å². The summed E-state index contributed by atoms with van der Waals surface area (Å²) in [6, 6.07) is 5.85. The molecule has 1 heterocycles. The van der Waals surface area contributed by atoms with E-state index in [2.05, 4.69) is 10.2 Å². The smallest absolute Gasteiger partial charge is 0.229 e. The van der Waals surface area contributed by atoms with Gasteiger partial charge in [0.05, 0.1) is 12.9 Å². The number of methoxy groups -OCH3 is 1. The van der Waals surface area contributed by atoms with E-state index in [0.29, 0.717) is 24.0 Å². The highest BCUT2D eigenvalue weighted by atomic mass is 32.2. The van der Waals surface area contributed by atoms with E-state index in [1.807, 2.05) is 32.0 Å². The van der Waals surface area contributed by atoms with Crippen LogP contribution in [0.15, 0.2) is 22.6 Å². The van der Waals surface area contributed by atoms with Gasteiger partial charge in [-0.3, -0.25) is 4.21 Å². The zero-order chi connectivity index (χ0) is 14.5. The van der Waals surface area contributed by atoms with E-state index in [9.17, 15) is 4.21 Å². The van der Waals surface area contributed by atoms with E-state index in [1.165, 1.54) is 0 Å².